The second-order valence-corrected chi connectivity index (χ2v) is 9.21. The Bertz CT molecular complexity index is 1040. The van der Waals surface area contributed by atoms with E-state index < -0.39 is 17.5 Å². The van der Waals surface area contributed by atoms with Gasteiger partial charge in [-0.05, 0) is 35.1 Å². The summed E-state index contributed by atoms with van der Waals surface area (Å²) < 4.78 is 10.9. The van der Waals surface area contributed by atoms with Crippen molar-refractivity contribution in [2.75, 3.05) is 39.5 Å². The van der Waals surface area contributed by atoms with E-state index in [-0.39, 0.29) is 44.7 Å². The van der Waals surface area contributed by atoms with Gasteiger partial charge in [-0.2, -0.15) is 0 Å². The van der Waals surface area contributed by atoms with Gasteiger partial charge in [0.15, 0.2) is 0 Å². The van der Waals surface area contributed by atoms with Gasteiger partial charge in [0.05, 0.1) is 12.0 Å². The van der Waals surface area contributed by atoms with Gasteiger partial charge in [-0.25, -0.2) is 4.79 Å². The van der Waals surface area contributed by atoms with E-state index in [4.69, 9.17) is 9.47 Å². The van der Waals surface area contributed by atoms with Crippen molar-refractivity contribution in [1.29, 1.82) is 0 Å². The summed E-state index contributed by atoms with van der Waals surface area (Å²) in [4.78, 5) is 37.9. The number of benzene rings is 2. The molecule has 1 unspecified atom stereocenters. The van der Waals surface area contributed by atoms with Gasteiger partial charge in [-0.1, -0.05) is 61.9 Å². The van der Waals surface area contributed by atoms with Crippen LogP contribution in [-0.4, -0.2) is 67.4 Å². The topological polar surface area (TPSA) is 105 Å². The molecule has 1 fully saturated rings. The van der Waals surface area contributed by atoms with Gasteiger partial charge in [-0.3, -0.25) is 9.59 Å². The highest BCUT2D eigenvalue weighted by atomic mass is 16.5. The lowest BCUT2D eigenvalue weighted by Crippen LogP contribution is -2.38. The first-order valence-corrected chi connectivity index (χ1v) is 12.1. The van der Waals surface area contributed by atoms with Crippen LogP contribution in [0.5, 0.6) is 0 Å². The van der Waals surface area contributed by atoms with Crippen LogP contribution in [0.15, 0.2) is 48.5 Å². The standard InChI is InChI=1S/C27H32N2O6/c1-2-11-27(25(31)32)12-14-29(18-27)24(30)17-34-15-13-28-26(33)35-16-23-21-9-5-3-7-19(21)20-8-4-6-10-22(20)23/h3-10,23H,2,11-18H2,1H3,(H,28,33)(H,31,32). The zero-order chi connectivity index (χ0) is 24.8. The number of carboxylic acid groups (broad SMARTS) is 1. The molecule has 0 bridgehead atoms. The van der Waals surface area contributed by atoms with Crippen molar-refractivity contribution in [3.63, 3.8) is 0 Å². The van der Waals surface area contributed by atoms with E-state index in [2.05, 4.69) is 29.6 Å². The Labute approximate surface area is 205 Å². The number of fused-ring (bicyclic) bond motifs is 3. The third kappa shape index (κ3) is 5.32. The van der Waals surface area contributed by atoms with Crippen LogP contribution in [0.25, 0.3) is 11.1 Å². The molecule has 2 aromatic rings. The number of carbonyl (C=O) groups excluding carboxylic acids is 2. The molecule has 8 nitrogen and oxygen atoms in total. The molecule has 1 saturated heterocycles. The summed E-state index contributed by atoms with van der Waals surface area (Å²) in [5.41, 5.74) is 3.79. The van der Waals surface area contributed by atoms with E-state index in [0.717, 1.165) is 17.5 Å². The summed E-state index contributed by atoms with van der Waals surface area (Å²) in [5, 5.41) is 12.2. The van der Waals surface area contributed by atoms with Crippen molar-refractivity contribution in [3.8, 4) is 11.1 Å². The maximum absolute atomic E-state index is 12.4. The van der Waals surface area contributed by atoms with Crippen molar-refractivity contribution in [2.45, 2.75) is 32.1 Å². The number of likely N-dealkylation sites (tertiary alicyclic amines) is 1. The zero-order valence-electron chi connectivity index (χ0n) is 20.0. The molecule has 1 heterocycles. The maximum Gasteiger partial charge on any atom is 0.407 e. The van der Waals surface area contributed by atoms with Crippen molar-refractivity contribution < 1.29 is 29.0 Å². The minimum Gasteiger partial charge on any atom is -0.481 e. The Morgan fingerprint density at radius 2 is 1.74 bits per heavy atom. The molecule has 8 heteroatoms. The first-order chi connectivity index (χ1) is 16.9. The first-order valence-electron chi connectivity index (χ1n) is 12.1. The second-order valence-electron chi connectivity index (χ2n) is 9.21. The van der Waals surface area contributed by atoms with E-state index in [0.29, 0.717) is 19.4 Å². The monoisotopic (exact) mass is 480 g/mol. The summed E-state index contributed by atoms with van der Waals surface area (Å²) in [7, 11) is 0. The molecule has 0 aromatic heterocycles. The Morgan fingerprint density at radius 3 is 2.37 bits per heavy atom. The van der Waals surface area contributed by atoms with Crippen molar-refractivity contribution in [2.24, 2.45) is 5.41 Å². The van der Waals surface area contributed by atoms with E-state index in [1.807, 2.05) is 31.2 Å². The molecule has 0 radical (unpaired) electrons. The average molecular weight is 481 g/mol. The van der Waals surface area contributed by atoms with Gasteiger partial charge >= 0.3 is 12.1 Å². The second kappa shape index (κ2) is 10.9. The molecule has 2 aliphatic rings. The molecule has 2 aromatic carbocycles. The fraction of sp³-hybridized carbons (Fsp3) is 0.444. The van der Waals surface area contributed by atoms with Crippen LogP contribution >= 0.6 is 0 Å². The Balaban J connectivity index is 1.17. The van der Waals surface area contributed by atoms with E-state index in [9.17, 15) is 19.5 Å². The number of hydrogen-bond acceptors (Lipinski definition) is 5. The highest BCUT2D eigenvalue weighted by Gasteiger charge is 2.45. The van der Waals surface area contributed by atoms with Crippen LogP contribution in [0.2, 0.25) is 0 Å². The predicted octanol–water partition coefficient (Wildman–Crippen LogP) is 3.65. The van der Waals surface area contributed by atoms with Gasteiger partial charge in [0, 0.05) is 25.6 Å². The predicted molar refractivity (Wildman–Crippen MR) is 130 cm³/mol. The van der Waals surface area contributed by atoms with Crippen LogP contribution in [0.4, 0.5) is 4.79 Å². The lowest BCUT2D eigenvalue weighted by atomic mass is 9.83. The molecule has 1 aliphatic carbocycles. The van der Waals surface area contributed by atoms with E-state index in [1.165, 1.54) is 11.1 Å². The minimum atomic E-state index is -0.851. The number of nitrogens with one attached hydrogen (secondary N) is 1. The Morgan fingerprint density at radius 1 is 1.09 bits per heavy atom. The summed E-state index contributed by atoms with van der Waals surface area (Å²) >= 11 is 0. The number of amides is 2. The molecular formula is C27H32N2O6. The van der Waals surface area contributed by atoms with Crippen LogP contribution < -0.4 is 5.32 Å². The number of rotatable bonds is 10. The summed E-state index contributed by atoms with van der Waals surface area (Å²) in [6, 6.07) is 16.3. The maximum atomic E-state index is 12.4. The molecular weight excluding hydrogens is 448 g/mol. The smallest absolute Gasteiger partial charge is 0.407 e. The van der Waals surface area contributed by atoms with Gasteiger partial charge in [0.1, 0.15) is 13.2 Å². The third-order valence-electron chi connectivity index (χ3n) is 6.97. The third-order valence-corrected chi connectivity index (χ3v) is 6.97. The van der Waals surface area contributed by atoms with Gasteiger partial charge in [0.2, 0.25) is 5.91 Å². The van der Waals surface area contributed by atoms with E-state index in [1.54, 1.807) is 4.90 Å². The van der Waals surface area contributed by atoms with Crippen molar-refractivity contribution >= 4 is 18.0 Å². The van der Waals surface area contributed by atoms with E-state index >= 15 is 0 Å². The number of aliphatic carboxylic acids is 1. The molecule has 4 rings (SSSR count). The highest BCUT2D eigenvalue weighted by molar-refractivity contribution is 5.81. The molecule has 2 amide bonds. The molecule has 1 atom stereocenters. The fourth-order valence-corrected chi connectivity index (χ4v) is 5.17. The van der Waals surface area contributed by atoms with Crippen LogP contribution in [0.1, 0.15) is 43.2 Å². The number of nitrogens with zero attached hydrogens (tertiary/aromatic N) is 1. The van der Waals surface area contributed by atoms with Gasteiger partial charge in [0.25, 0.3) is 0 Å². The molecule has 2 N–H and O–H groups in total. The van der Waals surface area contributed by atoms with Crippen LogP contribution in [0.3, 0.4) is 0 Å². The Hall–Kier alpha value is -3.39. The Kier molecular flexibility index (Phi) is 7.70. The van der Waals surface area contributed by atoms with Crippen LogP contribution in [-0.2, 0) is 19.1 Å². The average Bonchev–Trinajstić information content (AvgIpc) is 3.43. The lowest BCUT2D eigenvalue weighted by molar-refractivity contribution is -0.149. The molecule has 0 spiro atoms. The molecule has 1 aliphatic heterocycles. The molecule has 0 saturated carbocycles. The largest absolute Gasteiger partial charge is 0.481 e. The number of hydrogen-bond donors (Lipinski definition) is 2. The zero-order valence-corrected chi connectivity index (χ0v) is 20.0. The van der Waals surface area contributed by atoms with Crippen molar-refractivity contribution in [3.05, 3.63) is 59.7 Å². The molecule has 35 heavy (non-hydrogen) atoms. The number of ether oxygens (including phenoxy) is 2. The summed E-state index contributed by atoms with van der Waals surface area (Å²) in [6.45, 7) is 3.04. The van der Waals surface area contributed by atoms with Gasteiger partial charge in [-0.15, -0.1) is 0 Å². The van der Waals surface area contributed by atoms with Gasteiger partial charge < -0.3 is 24.8 Å². The lowest BCUT2D eigenvalue weighted by Gasteiger charge is -2.24. The normalized spacial score (nSPS) is 18.7. The fourth-order valence-electron chi connectivity index (χ4n) is 5.17. The summed E-state index contributed by atoms with van der Waals surface area (Å²) in [6.07, 6.45) is 1.24. The SMILES string of the molecule is CCCC1(C(=O)O)CCN(C(=O)COCCNC(=O)OCC2c3ccccc3-c3ccccc32)C1. The highest BCUT2D eigenvalue weighted by Crippen LogP contribution is 2.44. The first kappa shape index (κ1) is 24.7. The summed E-state index contributed by atoms with van der Waals surface area (Å²) in [5.74, 6) is -1.08. The molecule has 186 valence electrons. The number of alkyl carbamates (subject to hydrolysis) is 1. The van der Waals surface area contributed by atoms with Crippen molar-refractivity contribution in [1.82, 2.24) is 10.2 Å². The van der Waals surface area contributed by atoms with Crippen LogP contribution in [0, 0.1) is 5.41 Å². The minimum absolute atomic E-state index is 0.00638. The quantitative estimate of drug-likeness (QED) is 0.503. The number of carbonyl (C=O) groups is 3. The number of carboxylic acids is 1.